The predicted molar refractivity (Wildman–Crippen MR) is 128 cm³/mol. The molecule has 7 nitrogen and oxygen atoms in total. The summed E-state index contributed by atoms with van der Waals surface area (Å²) in [6.45, 7) is 0.886. The van der Waals surface area contributed by atoms with Crippen molar-refractivity contribution in [3.63, 3.8) is 0 Å². The van der Waals surface area contributed by atoms with E-state index in [1.165, 1.54) is 15.6 Å². The van der Waals surface area contributed by atoms with Gasteiger partial charge in [0.05, 0.1) is 17.2 Å². The minimum Gasteiger partial charge on any atom is -0.348 e. The highest BCUT2D eigenvalue weighted by atomic mass is 32.2. The smallest absolute Gasteiger partial charge is 0.253 e. The van der Waals surface area contributed by atoms with Crippen molar-refractivity contribution in [3.8, 4) is 0 Å². The van der Waals surface area contributed by atoms with Crippen LogP contribution in [0.2, 0.25) is 0 Å². The Kier molecular flexibility index (Phi) is 7.22. The number of carbonyl (C=O) groups is 2. The van der Waals surface area contributed by atoms with Crippen molar-refractivity contribution < 1.29 is 18.0 Å². The molecule has 0 radical (unpaired) electrons. The Bertz CT molecular complexity index is 1210. The third-order valence-electron chi connectivity index (χ3n) is 5.57. The Morgan fingerprint density at radius 2 is 1.76 bits per heavy atom. The minimum absolute atomic E-state index is 0.119. The van der Waals surface area contributed by atoms with Gasteiger partial charge < -0.3 is 10.6 Å². The number of anilines is 1. The van der Waals surface area contributed by atoms with E-state index >= 15 is 0 Å². The van der Waals surface area contributed by atoms with E-state index in [0.717, 1.165) is 5.56 Å². The van der Waals surface area contributed by atoms with Crippen LogP contribution in [0.3, 0.4) is 0 Å². The van der Waals surface area contributed by atoms with Gasteiger partial charge in [-0.1, -0.05) is 48.5 Å². The van der Waals surface area contributed by atoms with Crippen LogP contribution in [-0.2, 0) is 21.4 Å². The average Bonchev–Trinajstić information content (AvgIpc) is 3.40. The van der Waals surface area contributed by atoms with Gasteiger partial charge in [-0.15, -0.1) is 11.3 Å². The highest BCUT2D eigenvalue weighted by Crippen LogP contribution is 2.27. The van der Waals surface area contributed by atoms with E-state index in [4.69, 9.17) is 0 Å². The summed E-state index contributed by atoms with van der Waals surface area (Å²) >= 11 is 1.17. The second kappa shape index (κ2) is 10.3. The number of thiophene rings is 1. The maximum absolute atomic E-state index is 13.0. The molecule has 9 heteroatoms. The molecule has 4 rings (SSSR count). The molecular formula is C24H25N3O4S2. The number of nitrogens with one attached hydrogen (secondary N) is 2. The first kappa shape index (κ1) is 23.2. The Labute approximate surface area is 197 Å². The van der Waals surface area contributed by atoms with Crippen LogP contribution in [-0.4, -0.2) is 37.6 Å². The molecule has 1 aliphatic heterocycles. The van der Waals surface area contributed by atoms with Gasteiger partial charge in [0.15, 0.2) is 0 Å². The number of nitrogens with zero attached hydrogens (tertiary/aromatic N) is 1. The molecule has 1 fully saturated rings. The van der Waals surface area contributed by atoms with Crippen molar-refractivity contribution in [2.24, 2.45) is 5.92 Å². The number of carbonyl (C=O) groups excluding carboxylic acids is 2. The van der Waals surface area contributed by atoms with Crippen LogP contribution in [0.1, 0.15) is 28.8 Å². The van der Waals surface area contributed by atoms with Gasteiger partial charge in [-0.2, -0.15) is 4.31 Å². The van der Waals surface area contributed by atoms with E-state index in [-0.39, 0.29) is 22.6 Å². The monoisotopic (exact) mass is 483 g/mol. The van der Waals surface area contributed by atoms with E-state index in [1.54, 1.807) is 41.8 Å². The zero-order valence-corrected chi connectivity index (χ0v) is 19.6. The summed E-state index contributed by atoms with van der Waals surface area (Å²) in [5, 5.41) is 7.44. The Morgan fingerprint density at radius 1 is 1.00 bits per heavy atom. The number of sulfonamides is 1. The first-order valence-corrected chi connectivity index (χ1v) is 13.0. The molecule has 1 saturated heterocycles. The largest absolute Gasteiger partial charge is 0.348 e. The van der Waals surface area contributed by atoms with E-state index in [0.29, 0.717) is 37.2 Å². The minimum atomic E-state index is -3.61. The standard InChI is InChI=1S/C24H25N3O4S2/c28-23(19-10-6-14-27(17-19)33(30,31)22-13-7-15-32-22)26-21-12-5-4-11-20(21)24(29)25-16-18-8-2-1-3-9-18/h1-5,7-9,11-13,15,19H,6,10,14,16-17H2,(H,25,29)(H,26,28). The summed E-state index contributed by atoms with van der Waals surface area (Å²) in [6.07, 6.45) is 1.19. The van der Waals surface area contributed by atoms with Crippen molar-refractivity contribution >= 4 is 38.9 Å². The molecule has 0 saturated carbocycles. The average molecular weight is 484 g/mol. The van der Waals surface area contributed by atoms with Crippen LogP contribution in [0.5, 0.6) is 0 Å². The van der Waals surface area contributed by atoms with E-state index in [1.807, 2.05) is 30.3 Å². The number of benzene rings is 2. The number of para-hydroxylation sites is 1. The molecular weight excluding hydrogens is 458 g/mol. The molecule has 2 heterocycles. The number of hydrogen-bond donors (Lipinski definition) is 2. The molecule has 2 N–H and O–H groups in total. The molecule has 2 amide bonds. The topological polar surface area (TPSA) is 95.6 Å². The van der Waals surface area contributed by atoms with Crippen LogP contribution < -0.4 is 10.6 Å². The Balaban J connectivity index is 1.42. The summed E-state index contributed by atoms with van der Waals surface area (Å²) in [5.41, 5.74) is 1.74. The lowest BCUT2D eigenvalue weighted by atomic mass is 9.98. The lowest BCUT2D eigenvalue weighted by Gasteiger charge is -2.31. The van der Waals surface area contributed by atoms with Gasteiger partial charge in [0, 0.05) is 19.6 Å². The number of piperidine rings is 1. The fourth-order valence-electron chi connectivity index (χ4n) is 3.81. The molecule has 2 aromatic carbocycles. The van der Waals surface area contributed by atoms with E-state index in [2.05, 4.69) is 10.6 Å². The van der Waals surface area contributed by atoms with Gasteiger partial charge in [-0.05, 0) is 42.0 Å². The number of amides is 2. The molecule has 0 bridgehead atoms. The first-order valence-electron chi connectivity index (χ1n) is 10.7. The molecule has 3 aromatic rings. The predicted octanol–water partition coefficient (Wildman–Crippen LogP) is 3.72. The zero-order chi connectivity index (χ0) is 23.3. The number of hydrogen-bond acceptors (Lipinski definition) is 5. The van der Waals surface area contributed by atoms with Gasteiger partial charge in [0.1, 0.15) is 4.21 Å². The van der Waals surface area contributed by atoms with Crippen LogP contribution in [0.15, 0.2) is 76.3 Å². The summed E-state index contributed by atoms with van der Waals surface area (Å²) in [7, 11) is -3.61. The molecule has 33 heavy (non-hydrogen) atoms. The zero-order valence-electron chi connectivity index (χ0n) is 17.9. The van der Waals surface area contributed by atoms with E-state index in [9.17, 15) is 18.0 Å². The Hall–Kier alpha value is -3.01. The molecule has 1 unspecified atom stereocenters. The summed E-state index contributed by atoms with van der Waals surface area (Å²) in [4.78, 5) is 25.8. The van der Waals surface area contributed by atoms with E-state index < -0.39 is 15.9 Å². The lowest BCUT2D eigenvalue weighted by Crippen LogP contribution is -2.43. The van der Waals surface area contributed by atoms with Gasteiger partial charge in [-0.25, -0.2) is 8.42 Å². The summed E-state index contributed by atoms with van der Waals surface area (Å²) in [5.74, 6) is -1.07. The fourth-order valence-corrected chi connectivity index (χ4v) is 6.48. The van der Waals surface area contributed by atoms with Gasteiger partial charge in [0.25, 0.3) is 15.9 Å². The molecule has 1 aliphatic rings. The summed E-state index contributed by atoms with van der Waals surface area (Å²) < 4.78 is 27.4. The van der Waals surface area contributed by atoms with Gasteiger partial charge in [-0.3, -0.25) is 9.59 Å². The van der Waals surface area contributed by atoms with Crippen molar-refractivity contribution in [1.82, 2.24) is 9.62 Å². The van der Waals surface area contributed by atoms with Crippen molar-refractivity contribution in [3.05, 3.63) is 83.2 Å². The van der Waals surface area contributed by atoms with Crippen molar-refractivity contribution in [1.29, 1.82) is 0 Å². The number of rotatable bonds is 7. The lowest BCUT2D eigenvalue weighted by molar-refractivity contribution is -0.120. The SMILES string of the molecule is O=C(NCc1ccccc1)c1ccccc1NC(=O)C1CCCN(S(=O)(=O)c2cccs2)C1. The molecule has 1 aromatic heterocycles. The first-order chi connectivity index (χ1) is 15.9. The highest BCUT2D eigenvalue weighted by Gasteiger charge is 2.34. The quantitative estimate of drug-likeness (QED) is 0.535. The summed E-state index contributed by atoms with van der Waals surface area (Å²) in [6, 6.07) is 19.7. The van der Waals surface area contributed by atoms with Gasteiger partial charge >= 0.3 is 0 Å². The molecule has 0 aliphatic carbocycles. The Morgan fingerprint density at radius 3 is 2.52 bits per heavy atom. The second-order valence-electron chi connectivity index (χ2n) is 7.84. The van der Waals surface area contributed by atoms with Crippen LogP contribution in [0, 0.1) is 5.92 Å². The molecule has 1 atom stereocenters. The highest BCUT2D eigenvalue weighted by molar-refractivity contribution is 7.91. The second-order valence-corrected chi connectivity index (χ2v) is 10.9. The van der Waals surface area contributed by atoms with Crippen LogP contribution in [0.4, 0.5) is 5.69 Å². The third-order valence-corrected chi connectivity index (χ3v) is 8.81. The van der Waals surface area contributed by atoms with Crippen LogP contribution >= 0.6 is 11.3 Å². The maximum atomic E-state index is 13.0. The molecule has 172 valence electrons. The third kappa shape index (κ3) is 5.50. The van der Waals surface area contributed by atoms with Crippen LogP contribution in [0.25, 0.3) is 0 Å². The maximum Gasteiger partial charge on any atom is 0.253 e. The molecule has 0 spiro atoms. The van der Waals surface area contributed by atoms with Gasteiger partial charge in [0.2, 0.25) is 5.91 Å². The van der Waals surface area contributed by atoms with Crippen molar-refractivity contribution in [2.45, 2.75) is 23.6 Å². The van der Waals surface area contributed by atoms with Crippen molar-refractivity contribution in [2.75, 3.05) is 18.4 Å². The fraction of sp³-hybridized carbons (Fsp3) is 0.250. The normalized spacial score (nSPS) is 16.8.